The van der Waals surface area contributed by atoms with E-state index in [0.29, 0.717) is 19.4 Å². The van der Waals surface area contributed by atoms with Crippen molar-refractivity contribution in [2.45, 2.75) is 284 Å². The van der Waals surface area contributed by atoms with Crippen molar-refractivity contribution < 1.29 is 23.8 Å². The molecule has 5 nitrogen and oxygen atoms in total. The Balaban J connectivity index is 4.24. The molecule has 60 heavy (non-hydrogen) atoms. The first kappa shape index (κ1) is 58.1. The van der Waals surface area contributed by atoms with Crippen molar-refractivity contribution in [3.05, 3.63) is 36.5 Å². The minimum atomic E-state index is -0.538. The molecule has 0 heterocycles. The lowest BCUT2D eigenvalue weighted by Gasteiger charge is -2.18. The van der Waals surface area contributed by atoms with Gasteiger partial charge in [-0.15, -0.1) is 0 Å². The topological polar surface area (TPSA) is 61.8 Å². The van der Waals surface area contributed by atoms with Crippen molar-refractivity contribution in [3.63, 3.8) is 0 Å². The van der Waals surface area contributed by atoms with Gasteiger partial charge < -0.3 is 14.2 Å². The largest absolute Gasteiger partial charge is 0.462 e. The highest BCUT2D eigenvalue weighted by molar-refractivity contribution is 5.70. The molecule has 0 aromatic carbocycles. The maximum Gasteiger partial charge on any atom is 0.306 e. The Morgan fingerprint density at radius 2 is 0.700 bits per heavy atom. The number of esters is 2. The summed E-state index contributed by atoms with van der Waals surface area (Å²) < 4.78 is 17.4. The van der Waals surface area contributed by atoms with Crippen LogP contribution in [0, 0.1) is 0 Å². The van der Waals surface area contributed by atoms with E-state index in [1.54, 1.807) is 0 Å². The number of hydrogen-bond donors (Lipinski definition) is 0. The van der Waals surface area contributed by atoms with Crippen molar-refractivity contribution in [1.82, 2.24) is 0 Å². The molecule has 0 aliphatic heterocycles. The third-order valence-corrected chi connectivity index (χ3v) is 11.6. The zero-order valence-electron chi connectivity index (χ0n) is 40.5. The van der Waals surface area contributed by atoms with Crippen LogP contribution in [0.15, 0.2) is 36.5 Å². The molecule has 1 unspecified atom stereocenters. The Morgan fingerprint density at radius 3 is 1.15 bits per heavy atom. The summed E-state index contributed by atoms with van der Waals surface area (Å²) >= 11 is 0. The number of ether oxygens (including phenoxy) is 3. The lowest BCUT2D eigenvalue weighted by Crippen LogP contribution is -2.30. The van der Waals surface area contributed by atoms with E-state index in [9.17, 15) is 9.59 Å². The molecular formula is C55H102O5. The van der Waals surface area contributed by atoms with Crippen molar-refractivity contribution >= 4 is 11.9 Å². The molecule has 0 rings (SSSR count). The first-order valence-corrected chi connectivity index (χ1v) is 26.5. The quantitative estimate of drug-likeness (QED) is 0.0347. The average Bonchev–Trinajstić information content (AvgIpc) is 3.25. The van der Waals surface area contributed by atoms with Crippen LogP contribution >= 0.6 is 0 Å². The van der Waals surface area contributed by atoms with E-state index in [-0.39, 0.29) is 25.2 Å². The molecule has 0 amide bonds. The number of hydrogen-bond acceptors (Lipinski definition) is 5. The van der Waals surface area contributed by atoms with Crippen molar-refractivity contribution in [1.29, 1.82) is 0 Å². The minimum Gasteiger partial charge on any atom is -0.462 e. The highest BCUT2D eigenvalue weighted by Gasteiger charge is 2.17. The molecule has 0 N–H and O–H groups in total. The van der Waals surface area contributed by atoms with Crippen LogP contribution in [0.5, 0.6) is 0 Å². The molecule has 0 aliphatic carbocycles. The van der Waals surface area contributed by atoms with E-state index in [4.69, 9.17) is 14.2 Å². The fourth-order valence-corrected chi connectivity index (χ4v) is 7.65. The third kappa shape index (κ3) is 48.8. The van der Waals surface area contributed by atoms with E-state index in [1.807, 2.05) is 0 Å². The third-order valence-electron chi connectivity index (χ3n) is 11.6. The van der Waals surface area contributed by atoms with Gasteiger partial charge in [-0.05, 0) is 77.0 Å². The summed E-state index contributed by atoms with van der Waals surface area (Å²) in [7, 11) is 0. The number of allylic oxidation sites excluding steroid dienone is 6. The number of rotatable bonds is 49. The smallest absolute Gasteiger partial charge is 0.306 e. The monoisotopic (exact) mass is 843 g/mol. The molecule has 0 aliphatic rings. The number of unbranched alkanes of at least 4 members (excludes halogenated alkanes) is 32. The SMILES string of the molecule is CCCCC/C=C\C/C=C\CCCCCCCCCC(=O)OCC(COCCCCCCCCCCCCCC)OC(=O)CCCCCCC/C=C\CCCCCCCC. The molecule has 352 valence electrons. The second-order valence-corrected chi connectivity index (χ2v) is 17.8. The predicted octanol–water partition coefficient (Wildman–Crippen LogP) is 17.8. The summed E-state index contributed by atoms with van der Waals surface area (Å²) in [5.74, 6) is -0.402. The van der Waals surface area contributed by atoms with Crippen LogP contribution in [0.2, 0.25) is 0 Å². The number of carbonyl (C=O) groups excluding carboxylic acids is 2. The Hall–Kier alpha value is -1.88. The van der Waals surface area contributed by atoms with Gasteiger partial charge in [0.05, 0.1) is 6.61 Å². The minimum absolute atomic E-state index is 0.0824. The normalized spacial score (nSPS) is 12.4. The lowest BCUT2D eigenvalue weighted by atomic mass is 10.1. The molecule has 5 heteroatoms. The van der Waals surface area contributed by atoms with Gasteiger partial charge in [0.2, 0.25) is 0 Å². The summed E-state index contributed by atoms with van der Waals surface area (Å²) in [6, 6.07) is 0. The van der Waals surface area contributed by atoms with Crippen LogP contribution < -0.4 is 0 Å². The Bertz CT molecular complexity index is 955. The first-order chi connectivity index (χ1) is 29.6. The Labute approximate surface area is 374 Å². The van der Waals surface area contributed by atoms with Gasteiger partial charge in [-0.3, -0.25) is 9.59 Å². The average molecular weight is 843 g/mol. The molecule has 0 aromatic heterocycles. The summed E-state index contributed by atoms with van der Waals surface area (Å²) in [5.41, 5.74) is 0. The molecule has 1 atom stereocenters. The van der Waals surface area contributed by atoms with Crippen LogP contribution in [0.25, 0.3) is 0 Å². The maximum absolute atomic E-state index is 12.8. The molecule has 0 saturated carbocycles. The predicted molar refractivity (Wildman–Crippen MR) is 261 cm³/mol. The lowest BCUT2D eigenvalue weighted by molar-refractivity contribution is -0.163. The standard InChI is InChI=1S/C55H102O5/c1-4-7-10-13-16-19-22-25-27-28-30-31-33-36-39-42-45-48-54(56)59-52-53(51-58-50-47-44-41-38-35-24-21-18-15-12-9-6-3)60-55(57)49-46-43-40-37-34-32-29-26-23-20-17-14-11-8-5-2/h16,19,25-27,29,53H,4-15,17-18,20-24,28,30-52H2,1-3H3/b19-16-,27-25-,29-26-. The van der Waals surface area contributed by atoms with Crippen LogP contribution in [-0.4, -0.2) is 37.9 Å². The van der Waals surface area contributed by atoms with E-state index in [2.05, 4.69) is 57.2 Å². The van der Waals surface area contributed by atoms with Gasteiger partial charge in [-0.1, -0.05) is 224 Å². The number of carbonyl (C=O) groups is 2. The van der Waals surface area contributed by atoms with Crippen LogP contribution in [0.3, 0.4) is 0 Å². The molecule has 0 bridgehead atoms. The fourth-order valence-electron chi connectivity index (χ4n) is 7.65. The summed E-state index contributed by atoms with van der Waals surface area (Å²) in [6.45, 7) is 7.82. The molecule has 0 saturated heterocycles. The summed E-state index contributed by atoms with van der Waals surface area (Å²) in [5, 5.41) is 0. The molecule has 0 fully saturated rings. The molecule has 0 spiro atoms. The van der Waals surface area contributed by atoms with E-state index < -0.39 is 6.10 Å². The van der Waals surface area contributed by atoms with Gasteiger partial charge in [0.1, 0.15) is 6.61 Å². The van der Waals surface area contributed by atoms with Gasteiger partial charge in [0.15, 0.2) is 6.10 Å². The van der Waals surface area contributed by atoms with E-state index in [0.717, 1.165) is 57.8 Å². The summed E-state index contributed by atoms with van der Waals surface area (Å²) in [6.07, 6.45) is 61.4. The summed E-state index contributed by atoms with van der Waals surface area (Å²) in [4.78, 5) is 25.4. The molecular weight excluding hydrogens is 741 g/mol. The van der Waals surface area contributed by atoms with Crippen LogP contribution in [-0.2, 0) is 23.8 Å². The first-order valence-electron chi connectivity index (χ1n) is 26.5. The second-order valence-electron chi connectivity index (χ2n) is 17.8. The van der Waals surface area contributed by atoms with E-state index in [1.165, 1.54) is 186 Å². The highest BCUT2D eigenvalue weighted by atomic mass is 16.6. The zero-order chi connectivity index (χ0) is 43.5. The van der Waals surface area contributed by atoms with Crippen molar-refractivity contribution in [2.75, 3.05) is 19.8 Å². The Morgan fingerprint density at radius 1 is 0.367 bits per heavy atom. The van der Waals surface area contributed by atoms with Gasteiger partial charge in [-0.25, -0.2) is 0 Å². The van der Waals surface area contributed by atoms with Crippen molar-refractivity contribution in [2.24, 2.45) is 0 Å². The second kappa shape index (κ2) is 51.5. The zero-order valence-corrected chi connectivity index (χ0v) is 40.5. The molecule has 0 radical (unpaired) electrons. The van der Waals surface area contributed by atoms with Crippen LogP contribution in [0.1, 0.15) is 278 Å². The fraction of sp³-hybridized carbons (Fsp3) is 0.855. The van der Waals surface area contributed by atoms with Gasteiger partial charge >= 0.3 is 11.9 Å². The van der Waals surface area contributed by atoms with Crippen LogP contribution in [0.4, 0.5) is 0 Å². The van der Waals surface area contributed by atoms with E-state index >= 15 is 0 Å². The van der Waals surface area contributed by atoms with Crippen molar-refractivity contribution in [3.8, 4) is 0 Å². The van der Waals surface area contributed by atoms with Gasteiger partial charge in [0.25, 0.3) is 0 Å². The highest BCUT2D eigenvalue weighted by Crippen LogP contribution is 2.15. The Kier molecular flexibility index (Phi) is 49.9. The van der Waals surface area contributed by atoms with Gasteiger partial charge in [-0.2, -0.15) is 0 Å². The molecule has 0 aromatic rings. The van der Waals surface area contributed by atoms with Gasteiger partial charge in [0, 0.05) is 19.4 Å². The maximum atomic E-state index is 12.8.